The SMILES string of the molecule is CC1(C)Cc2cc(C3CCCC3)c(C(O)c3ccc(C(F)(F)F)cc3)c(-c3ccc(F)cc3)c2[C@@H](O[Si](C)(C)C(C)(C)C)C1. The van der Waals surface area contributed by atoms with Crippen LogP contribution in [0.25, 0.3) is 11.1 Å². The summed E-state index contributed by atoms with van der Waals surface area (Å²) in [6.07, 6.45) is -0.0945. The minimum Gasteiger partial charge on any atom is -0.410 e. The average molecular weight is 627 g/mol. The fraction of sp³-hybridized carbons (Fsp3) is 0.514. The Bertz CT molecular complexity index is 1480. The summed E-state index contributed by atoms with van der Waals surface area (Å²) in [6.45, 7) is 15.7. The average Bonchev–Trinajstić information content (AvgIpc) is 3.45. The third-order valence-electron chi connectivity index (χ3n) is 10.3. The lowest BCUT2D eigenvalue weighted by atomic mass is 9.68. The van der Waals surface area contributed by atoms with E-state index in [9.17, 15) is 22.7 Å². The first-order valence-corrected chi connectivity index (χ1v) is 18.8. The molecule has 0 aliphatic heterocycles. The normalized spacial score (nSPS) is 20.0. The van der Waals surface area contributed by atoms with Crippen molar-refractivity contribution in [2.75, 3.05) is 0 Å². The van der Waals surface area contributed by atoms with Gasteiger partial charge in [0.1, 0.15) is 11.9 Å². The predicted molar refractivity (Wildman–Crippen MR) is 172 cm³/mol. The highest BCUT2D eigenvalue weighted by molar-refractivity contribution is 6.74. The Kier molecular flexibility index (Phi) is 8.75. The third kappa shape index (κ3) is 6.56. The monoisotopic (exact) mass is 626 g/mol. The first-order chi connectivity index (χ1) is 20.4. The highest BCUT2D eigenvalue weighted by Gasteiger charge is 2.44. The summed E-state index contributed by atoms with van der Waals surface area (Å²) in [5.74, 6) is -0.127. The van der Waals surface area contributed by atoms with Crippen molar-refractivity contribution in [2.45, 2.75) is 116 Å². The molecule has 0 bridgehead atoms. The zero-order chi connectivity index (χ0) is 32.2. The highest BCUT2D eigenvalue weighted by atomic mass is 28.4. The summed E-state index contributed by atoms with van der Waals surface area (Å²) < 4.78 is 61.8. The number of hydrogen-bond acceptors (Lipinski definition) is 2. The molecule has 2 nitrogen and oxygen atoms in total. The molecule has 1 saturated carbocycles. The molecule has 0 spiro atoms. The number of halogens is 4. The Morgan fingerprint density at radius 2 is 1.52 bits per heavy atom. The maximum Gasteiger partial charge on any atom is 0.416 e. The first kappa shape index (κ1) is 32.9. The standard InChI is InChI=1S/C37H46F4O2Si/c1-35(2,3)44(6,7)43-30-22-36(4,5)21-26-20-29(23-10-8-9-11-23)33(32(31(26)30)24-14-18-28(38)19-15-24)34(42)25-12-16-27(17-13-25)37(39,40)41/h12-20,23,30,34,42H,8-11,21-22H2,1-7H3/t30-,34?/m0/s1. The molecule has 44 heavy (non-hydrogen) atoms. The number of hydrogen-bond donors (Lipinski definition) is 1. The van der Waals surface area contributed by atoms with E-state index in [4.69, 9.17) is 4.43 Å². The third-order valence-corrected chi connectivity index (χ3v) is 14.7. The minimum atomic E-state index is -4.47. The fourth-order valence-electron chi connectivity index (χ4n) is 6.95. The van der Waals surface area contributed by atoms with E-state index in [1.54, 1.807) is 12.1 Å². The molecule has 1 fully saturated rings. The summed E-state index contributed by atoms with van der Waals surface area (Å²) >= 11 is 0. The Labute approximate surface area is 261 Å². The van der Waals surface area contributed by atoms with Crippen molar-refractivity contribution in [1.29, 1.82) is 0 Å². The topological polar surface area (TPSA) is 29.5 Å². The first-order valence-electron chi connectivity index (χ1n) is 15.9. The van der Waals surface area contributed by atoms with Gasteiger partial charge in [-0.05, 0) is 118 Å². The number of aliphatic hydroxyl groups excluding tert-OH is 1. The molecule has 0 radical (unpaired) electrons. The van der Waals surface area contributed by atoms with Crippen LogP contribution in [0.5, 0.6) is 0 Å². The summed E-state index contributed by atoms with van der Waals surface area (Å²) in [7, 11) is -2.26. The minimum absolute atomic E-state index is 0.0272. The lowest BCUT2D eigenvalue weighted by molar-refractivity contribution is -0.137. The summed E-state index contributed by atoms with van der Waals surface area (Å²) in [5.41, 5.74) is 5.24. The molecule has 1 N–H and O–H groups in total. The second kappa shape index (κ2) is 11.7. The van der Waals surface area contributed by atoms with Gasteiger partial charge in [-0.3, -0.25) is 0 Å². The van der Waals surface area contributed by atoms with Gasteiger partial charge in [-0.1, -0.05) is 77.8 Å². The van der Waals surface area contributed by atoms with Gasteiger partial charge in [0.05, 0.1) is 11.7 Å². The lowest BCUT2D eigenvalue weighted by Gasteiger charge is -2.46. The van der Waals surface area contributed by atoms with Crippen LogP contribution in [0.3, 0.4) is 0 Å². The number of alkyl halides is 3. The van der Waals surface area contributed by atoms with Crippen molar-refractivity contribution in [2.24, 2.45) is 5.41 Å². The van der Waals surface area contributed by atoms with Crippen LogP contribution in [0.4, 0.5) is 17.6 Å². The fourth-order valence-corrected chi connectivity index (χ4v) is 8.22. The van der Waals surface area contributed by atoms with E-state index >= 15 is 0 Å². The van der Waals surface area contributed by atoms with Gasteiger partial charge in [-0.2, -0.15) is 13.2 Å². The van der Waals surface area contributed by atoms with E-state index in [0.29, 0.717) is 11.1 Å². The Balaban J connectivity index is 1.81. The summed E-state index contributed by atoms with van der Waals surface area (Å²) in [4.78, 5) is 0. The molecule has 0 heterocycles. The molecular weight excluding hydrogens is 580 g/mol. The molecule has 238 valence electrons. The van der Waals surface area contributed by atoms with E-state index in [1.165, 1.54) is 29.8 Å². The van der Waals surface area contributed by atoms with Gasteiger partial charge >= 0.3 is 6.18 Å². The van der Waals surface area contributed by atoms with E-state index < -0.39 is 26.2 Å². The Morgan fingerprint density at radius 1 is 0.932 bits per heavy atom. The molecule has 3 aromatic rings. The molecule has 7 heteroatoms. The van der Waals surface area contributed by atoms with Gasteiger partial charge in [-0.15, -0.1) is 0 Å². The van der Waals surface area contributed by atoms with Crippen molar-refractivity contribution in [3.8, 4) is 11.1 Å². The van der Waals surface area contributed by atoms with Crippen LogP contribution in [0.1, 0.15) is 118 Å². The largest absolute Gasteiger partial charge is 0.416 e. The molecular formula is C37H46F4O2Si. The van der Waals surface area contributed by atoms with Crippen LogP contribution in [-0.4, -0.2) is 13.4 Å². The number of aliphatic hydroxyl groups is 1. The molecule has 0 aromatic heterocycles. The molecule has 2 aliphatic rings. The van der Waals surface area contributed by atoms with E-state index in [0.717, 1.165) is 72.9 Å². The van der Waals surface area contributed by atoms with Crippen molar-refractivity contribution in [3.63, 3.8) is 0 Å². The van der Waals surface area contributed by atoms with Gasteiger partial charge < -0.3 is 9.53 Å². The quantitative estimate of drug-likeness (QED) is 0.218. The van der Waals surface area contributed by atoms with Crippen molar-refractivity contribution >= 4 is 8.32 Å². The molecule has 2 aliphatic carbocycles. The predicted octanol–water partition coefficient (Wildman–Crippen LogP) is 11.3. The van der Waals surface area contributed by atoms with Crippen LogP contribution in [0.15, 0.2) is 54.6 Å². The highest BCUT2D eigenvalue weighted by Crippen LogP contribution is 2.54. The van der Waals surface area contributed by atoms with E-state index in [-0.39, 0.29) is 28.3 Å². The molecule has 1 unspecified atom stereocenters. The second-order valence-corrected chi connectivity index (χ2v) is 20.0. The Hall–Kier alpha value is -2.48. The lowest BCUT2D eigenvalue weighted by Crippen LogP contribution is -2.43. The van der Waals surface area contributed by atoms with Gasteiger partial charge in [0, 0.05) is 0 Å². The van der Waals surface area contributed by atoms with Crippen LogP contribution >= 0.6 is 0 Å². The molecule has 5 rings (SSSR count). The molecule has 0 amide bonds. The second-order valence-electron chi connectivity index (χ2n) is 15.2. The van der Waals surface area contributed by atoms with Crippen LogP contribution < -0.4 is 0 Å². The van der Waals surface area contributed by atoms with Crippen molar-refractivity contribution < 1.29 is 27.1 Å². The van der Waals surface area contributed by atoms with Gasteiger partial charge in [0.2, 0.25) is 0 Å². The molecule has 3 aromatic carbocycles. The van der Waals surface area contributed by atoms with Crippen LogP contribution in [-0.2, 0) is 17.0 Å². The Morgan fingerprint density at radius 3 is 2.07 bits per heavy atom. The van der Waals surface area contributed by atoms with Crippen molar-refractivity contribution in [1.82, 2.24) is 0 Å². The van der Waals surface area contributed by atoms with Gasteiger partial charge in [-0.25, -0.2) is 4.39 Å². The van der Waals surface area contributed by atoms with Crippen LogP contribution in [0, 0.1) is 11.2 Å². The summed E-state index contributed by atoms with van der Waals surface area (Å²) in [6, 6.07) is 13.5. The van der Waals surface area contributed by atoms with Crippen LogP contribution in [0.2, 0.25) is 18.1 Å². The zero-order valence-corrected chi connectivity index (χ0v) is 28.0. The van der Waals surface area contributed by atoms with Crippen molar-refractivity contribution in [3.05, 3.63) is 93.8 Å². The number of fused-ring (bicyclic) bond motifs is 1. The zero-order valence-electron chi connectivity index (χ0n) is 27.0. The smallest absolute Gasteiger partial charge is 0.410 e. The number of rotatable bonds is 6. The maximum atomic E-state index is 14.3. The number of benzene rings is 3. The van der Waals surface area contributed by atoms with Gasteiger partial charge in [0.15, 0.2) is 8.32 Å². The van der Waals surface area contributed by atoms with E-state index in [1.807, 2.05) is 0 Å². The van der Waals surface area contributed by atoms with E-state index in [2.05, 4.69) is 53.8 Å². The maximum absolute atomic E-state index is 14.3. The molecule has 0 saturated heterocycles. The van der Waals surface area contributed by atoms with Gasteiger partial charge in [0.25, 0.3) is 0 Å². The molecule has 2 atom stereocenters. The summed E-state index contributed by atoms with van der Waals surface area (Å²) in [5, 5.41) is 12.2.